The lowest BCUT2D eigenvalue weighted by Crippen LogP contribution is -2.52. The van der Waals surface area contributed by atoms with Gasteiger partial charge in [-0.3, -0.25) is 24.1 Å². The number of nitrogens with one attached hydrogen (secondary N) is 1. The number of hydrogen-bond acceptors (Lipinski definition) is 6. The quantitative estimate of drug-likeness (QED) is 0.675. The molecule has 3 aliphatic rings. The van der Waals surface area contributed by atoms with Gasteiger partial charge in [0.1, 0.15) is 12.7 Å². The van der Waals surface area contributed by atoms with Crippen LogP contribution in [0, 0.1) is 0 Å². The molecule has 10 heteroatoms. The van der Waals surface area contributed by atoms with E-state index in [2.05, 4.69) is 5.32 Å². The highest BCUT2D eigenvalue weighted by molar-refractivity contribution is 6.18. The zero-order valence-electron chi connectivity index (χ0n) is 19.6. The molecular weight excluding hydrogens is 452 g/mol. The van der Waals surface area contributed by atoms with Crippen LogP contribution in [-0.2, 0) is 9.59 Å². The summed E-state index contributed by atoms with van der Waals surface area (Å²) in [6, 6.07) is 10.2. The standard InChI is InChI=1S/C25H26N4O6/c1-34-18-10-9-16-21(22(18)35-2)25(33)29-17-8-4-3-7-15(17)24(32)28(23(16)29)14-19(30)26-13-20(31)27-11-5-6-12-27/h3-4,7-10,23H,5-6,11-14H2,1-2H3,(H,26,30)/t23-/m1/s1. The Kier molecular flexibility index (Phi) is 5.80. The van der Waals surface area contributed by atoms with Crippen LogP contribution in [0.25, 0.3) is 0 Å². The number of anilines is 1. The number of carbonyl (C=O) groups excluding carboxylic acids is 4. The molecule has 3 aliphatic heterocycles. The number of amides is 4. The van der Waals surface area contributed by atoms with Crippen molar-refractivity contribution in [2.24, 2.45) is 0 Å². The molecule has 3 heterocycles. The van der Waals surface area contributed by atoms with Crippen molar-refractivity contribution < 1.29 is 28.7 Å². The van der Waals surface area contributed by atoms with Gasteiger partial charge in [0, 0.05) is 18.7 Å². The predicted molar refractivity (Wildman–Crippen MR) is 125 cm³/mol. The number of fused-ring (bicyclic) bond motifs is 5. The molecule has 2 aromatic rings. The van der Waals surface area contributed by atoms with E-state index in [9.17, 15) is 19.2 Å². The van der Waals surface area contributed by atoms with Gasteiger partial charge in [-0.1, -0.05) is 18.2 Å². The average Bonchev–Trinajstić information content (AvgIpc) is 3.52. The fourth-order valence-electron chi connectivity index (χ4n) is 5.05. The number of methoxy groups -OCH3 is 2. The third-order valence-electron chi connectivity index (χ3n) is 6.69. The molecule has 10 nitrogen and oxygen atoms in total. The molecule has 0 unspecified atom stereocenters. The highest BCUT2D eigenvalue weighted by Gasteiger charge is 2.50. The molecule has 5 rings (SSSR count). The van der Waals surface area contributed by atoms with E-state index < -0.39 is 12.1 Å². The highest BCUT2D eigenvalue weighted by Crippen LogP contribution is 2.49. The smallest absolute Gasteiger partial charge is 0.264 e. The second kappa shape index (κ2) is 8.94. The zero-order valence-corrected chi connectivity index (χ0v) is 19.6. The lowest BCUT2D eigenvalue weighted by molar-refractivity contribution is -0.132. The Labute approximate surface area is 202 Å². The van der Waals surface area contributed by atoms with Crippen molar-refractivity contribution in [1.29, 1.82) is 0 Å². The first-order valence-corrected chi connectivity index (χ1v) is 11.5. The molecule has 2 aromatic carbocycles. The maximum atomic E-state index is 13.6. The van der Waals surface area contributed by atoms with Crippen molar-refractivity contribution >= 4 is 29.3 Å². The second-order valence-corrected chi connectivity index (χ2v) is 8.63. The predicted octanol–water partition coefficient (Wildman–Crippen LogP) is 1.56. The van der Waals surface area contributed by atoms with E-state index in [1.807, 2.05) is 0 Å². The van der Waals surface area contributed by atoms with E-state index in [4.69, 9.17) is 9.47 Å². The summed E-state index contributed by atoms with van der Waals surface area (Å²) in [5.74, 6) is -0.690. The number of nitrogens with zero attached hydrogens (tertiary/aromatic N) is 3. The number of rotatable bonds is 6. The van der Waals surface area contributed by atoms with Gasteiger partial charge in [0.25, 0.3) is 11.8 Å². The number of ether oxygens (including phenoxy) is 2. The monoisotopic (exact) mass is 478 g/mol. The molecule has 0 bridgehead atoms. The van der Waals surface area contributed by atoms with Crippen LogP contribution in [0.15, 0.2) is 36.4 Å². The zero-order chi connectivity index (χ0) is 24.7. The molecule has 1 fully saturated rings. The Balaban J connectivity index is 1.48. The third kappa shape index (κ3) is 3.65. The number of carbonyl (C=O) groups is 4. The first-order chi connectivity index (χ1) is 17.0. The number of para-hydroxylation sites is 1. The lowest BCUT2D eigenvalue weighted by atomic mass is 10.0. The SMILES string of the molecule is COc1ccc2c(c1OC)C(=O)N1c3ccccc3C(=O)N(CC(=O)NCC(=O)N3CCCC3)[C@@H]21. The van der Waals surface area contributed by atoms with Crippen molar-refractivity contribution in [2.75, 3.05) is 45.3 Å². The molecule has 0 radical (unpaired) electrons. The van der Waals surface area contributed by atoms with E-state index in [1.54, 1.807) is 41.3 Å². The van der Waals surface area contributed by atoms with E-state index in [0.717, 1.165) is 12.8 Å². The average molecular weight is 479 g/mol. The van der Waals surface area contributed by atoms with Gasteiger partial charge in [-0.15, -0.1) is 0 Å². The van der Waals surface area contributed by atoms with Crippen molar-refractivity contribution in [2.45, 2.75) is 19.0 Å². The van der Waals surface area contributed by atoms with Crippen molar-refractivity contribution in [3.63, 3.8) is 0 Å². The van der Waals surface area contributed by atoms with Crippen LogP contribution < -0.4 is 19.7 Å². The van der Waals surface area contributed by atoms with E-state index in [1.165, 1.54) is 24.0 Å². The summed E-state index contributed by atoms with van der Waals surface area (Å²) in [6.45, 7) is 0.934. The highest BCUT2D eigenvalue weighted by atomic mass is 16.5. The molecule has 0 saturated carbocycles. The van der Waals surface area contributed by atoms with Crippen molar-refractivity contribution in [1.82, 2.24) is 15.1 Å². The van der Waals surface area contributed by atoms with E-state index in [0.29, 0.717) is 35.7 Å². The molecule has 0 spiro atoms. The lowest BCUT2D eigenvalue weighted by Gasteiger charge is -2.40. The molecule has 1 saturated heterocycles. The van der Waals surface area contributed by atoms with Crippen LogP contribution in [0.2, 0.25) is 0 Å². The maximum Gasteiger partial charge on any atom is 0.264 e. The minimum absolute atomic E-state index is 0.133. The van der Waals surface area contributed by atoms with Gasteiger partial charge in [0.2, 0.25) is 11.8 Å². The first-order valence-electron chi connectivity index (χ1n) is 11.5. The van der Waals surface area contributed by atoms with Gasteiger partial charge < -0.3 is 24.6 Å². The molecule has 0 aliphatic carbocycles. The minimum atomic E-state index is -0.834. The second-order valence-electron chi connectivity index (χ2n) is 8.63. The number of likely N-dealkylation sites (tertiary alicyclic amines) is 1. The summed E-state index contributed by atoms with van der Waals surface area (Å²) >= 11 is 0. The van der Waals surface area contributed by atoms with Gasteiger partial charge in [-0.2, -0.15) is 0 Å². The number of benzene rings is 2. The summed E-state index contributed by atoms with van der Waals surface area (Å²) < 4.78 is 10.9. The van der Waals surface area contributed by atoms with Crippen molar-refractivity contribution in [3.8, 4) is 11.5 Å². The minimum Gasteiger partial charge on any atom is -0.493 e. The molecule has 1 atom stereocenters. The Morgan fingerprint density at radius 2 is 1.74 bits per heavy atom. The van der Waals surface area contributed by atoms with Gasteiger partial charge in [0.15, 0.2) is 11.5 Å². The topological polar surface area (TPSA) is 108 Å². The molecule has 35 heavy (non-hydrogen) atoms. The van der Waals surface area contributed by atoms with Gasteiger partial charge >= 0.3 is 0 Å². The summed E-state index contributed by atoms with van der Waals surface area (Å²) in [7, 11) is 2.93. The maximum absolute atomic E-state index is 13.6. The molecule has 4 amide bonds. The molecular formula is C25H26N4O6. The Hall–Kier alpha value is -4.08. The molecule has 1 N–H and O–H groups in total. The fraction of sp³-hybridized carbons (Fsp3) is 0.360. The largest absolute Gasteiger partial charge is 0.493 e. The van der Waals surface area contributed by atoms with Crippen LogP contribution in [0.4, 0.5) is 5.69 Å². The van der Waals surface area contributed by atoms with Crippen LogP contribution >= 0.6 is 0 Å². The normalized spacial score (nSPS) is 18.2. The fourth-order valence-corrected chi connectivity index (χ4v) is 5.05. The summed E-state index contributed by atoms with van der Waals surface area (Å²) in [5, 5.41) is 2.63. The van der Waals surface area contributed by atoms with Gasteiger partial charge in [0.05, 0.1) is 37.6 Å². The number of hydrogen-bond donors (Lipinski definition) is 1. The van der Waals surface area contributed by atoms with E-state index >= 15 is 0 Å². The van der Waals surface area contributed by atoms with Crippen LogP contribution in [0.5, 0.6) is 11.5 Å². The summed E-state index contributed by atoms with van der Waals surface area (Å²) in [5.41, 5.74) is 1.61. The molecule has 0 aromatic heterocycles. The summed E-state index contributed by atoms with van der Waals surface area (Å²) in [6.07, 6.45) is 1.08. The Morgan fingerprint density at radius 1 is 1.00 bits per heavy atom. The Bertz CT molecular complexity index is 1220. The third-order valence-corrected chi connectivity index (χ3v) is 6.69. The van der Waals surface area contributed by atoms with Gasteiger partial charge in [-0.25, -0.2) is 0 Å². The molecule has 182 valence electrons. The first kappa shape index (κ1) is 22.7. The van der Waals surface area contributed by atoms with Crippen LogP contribution in [-0.4, -0.2) is 73.8 Å². The van der Waals surface area contributed by atoms with Crippen molar-refractivity contribution in [3.05, 3.63) is 53.1 Å². The van der Waals surface area contributed by atoms with Crippen LogP contribution in [0.3, 0.4) is 0 Å². The Morgan fingerprint density at radius 3 is 2.46 bits per heavy atom. The van der Waals surface area contributed by atoms with E-state index in [-0.39, 0.29) is 42.1 Å². The van der Waals surface area contributed by atoms with Crippen LogP contribution in [0.1, 0.15) is 45.3 Å². The summed E-state index contributed by atoms with van der Waals surface area (Å²) in [4.78, 5) is 56.9. The van der Waals surface area contributed by atoms with Gasteiger partial charge in [-0.05, 0) is 31.0 Å².